The predicted octanol–water partition coefficient (Wildman–Crippen LogP) is 6.27. The van der Waals surface area contributed by atoms with Crippen molar-refractivity contribution in [2.24, 2.45) is 5.92 Å². The molecule has 2 aliphatic heterocycles. The van der Waals surface area contributed by atoms with Crippen LogP contribution in [0.15, 0.2) is 71.7 Å². The molecule has 1 aliphatic carbocycles. The van der Waals surface area contributed by atoms with Gasteiger partial charge in [0.25, 0.3) is 17.8 Å². The SMILES string of the molecule is CC1=C(CN(C)c2ccc(C(=O)N3CCC(F)(F)CC3)cc2)C(C2C=CC(F)=CC(OCC(C)(F)F)C2)NC=C1. The smallest absolute Gasteiger partial charge is 0.268 e. The van der Waals surface area contributed by atoms with Gasteiger partial charge in [-0.25, -0.2) is 22.0 Å². The van der Waals surface area contributed by atoms with E-state index in [9.17, 15) is 26.7 Å². The van der Waals surface area contributed by atoms with Crippen LogP contribution in [-0.4, -0.2) is 68.1 Å². The zero-order valence-corrected chi connectivity index (χ0v) is 23.0. The lowest BCUT2D eigenvalue weighted by Crippen LogP contribution is -2.42. The third-order valence-corrected chi connectivity index (χ3v) is 7.57. The third-order valence-electron chi connectivity index (χ3n) is 7.57. The largest absolute Gasteiger partial charge is 0.384 e. The molecule has 3 aliphatic rings. The summed E-state index contributed by atoms with van der Waals surface area (Å²) in [6.45, 7) is 2.54. The number of likely N-dealkylation sites (N-methyl/N-ethyl adjacent to an activating group) is 1. The van der Waals surface area contributed by atoms with Crippen molar-refractivity contribution in [3.63, 3.8) is 0 Å². The van der Waals surface area contributed by atoms with Crippen molar-refractivity contribution in [1.82, 2.24) is 10.2 Å². The summed E-state index contributed by atoms with van der Waals surface area (Å²) in [7, 11) is 1.92. The average molecular weight is 566 g/mol. The number of hydrogen-bond acceptors (Lipinski definition) is 4. The van der Waals surface area contributed by atoms with Gasteiger partial charge in [-0.15, -0.1) is 0 Å². The number of hydrogen-bond donors (Lipinski definition) is 1. The van der Waals surface area contributed by atoms with Crippen LogP contribution in [0.1, 0.15) is 43.5 Å². The first-order chi connectivity index (χ1) is 18.8. The summed E-state index contributed by atoms with van der Waals surface area (Å²) in [4.78, 5) is 16.3. The van der Waals surface area contributed by atoms with Crippen LogP contribution in [0.25, 0.3) is 0 Å². The van der Waals surface area contributed by atoms with E-state index in [-0.39, 0.29) is 43.8 Å². The molecule has 0 bridgehead atoms. The number of benzene rings is 1. The number of piperidine rings is 1. The van der Waals surface area contributed by atoms with E-state index in [0.29, 0.717) is 18.5 Å². The van der Waals surface area contributed by atoms with Crippen molar-refractivity contribution >= 4 is 11.6 Å². The fourth-order valence-electron chi connectivity index (χ4n) is 5.24. The average Bonchev–Trinajstić information content (AvgIpc) is 3.09. The molecule has 0 saturated carbocycles. The van der Waals surface area contributed by atoms with E-state index in [1.807, 2.05) is 43.3 Å². The Kier molecular flexibility index (Phi) is 9.07. The number of likely N-dealkylation sites (tertiary alicyclic amines) is 1. The van der Waals surface area contributed by atoms with E-state index in [1.165, 1.54) is 17.1 Å². The van der Waals surface area contributed by atoms with E-state index < -0.39 is 30.4 Å². The Hall–Kier alpha value is -3.14. The summed E-state index contributed by atoms with van der Waals surface area (Å²) in [5.74, 6) is -6.74. The van der Waals surface area contributed by atoms with Crippen LogP contribution in [0.3, 0.4) is 0 Å². The molecule has 1 saturated heterocycles. The van der Waals surface area contributed by atoms with Crippen LogP contribution >= 0.6 is 0 Å². The summed E-state index contributed by atoms with van der Waals surface area (Å²) in [6.07, 6.45) is 7.01. The second kappa shape index (κ2) is 12.2. The maximum absolute atomic E-state index is 14.3. The Balaban J connectivity index is 1.44. The Morgan fingerprint density at radius 2 is 1.85 bits per heavy atom. The number of nitrogens with zero attached hydrogens (tertiary/aromatic N) is 2. The number of rotatable bonds is 8. The molecule has 218 valence electrons. The highest BCUT2D eigenvalue weighted by Crippen LogP contribution is 2.32. The van der Waals surface area contributed by atoms with Gasteiger partial charge in [0, 0.05) is 63.6 Å². The molecule has 4 rings (SSSR count). The van der Waals surface area contributed by atoms with Crippen molar-refractivity contribution < 1.29 is 31.5 Å². The van der Waals surface area contributed by atoms with Gasteiger partial charge in [-0.3, -0.25) is 4.79 Å². The number of halogens is 5. The first-order valence-electron chi connectivity index (χ1n) is 13.5. The number of nitrogens with one attached hydrogen (secondary N) is 1. The summed E-state index contributed by atoms with van der Waals surface area (Å²) < 4.78 is 73.4. The number of dihydropyridines is 1. The highest BCUT2D eigenvalue weighted by Gasteiger charge is 2.36. The number of amides is 1. The molecule has 1 N–H and O–H groups in total. The van der Waals surface area contributed by atoms with Gasteiger partial charge in [-0.2, -0.15) is 0 Å². The number of anilines is 1. The zero-order valence-electron chi connectivity index (χ0n) is 23.0. The summed E-state index contributed by atoms with van der Waals surface area (Å²) >= 11 is 0. The molecule has 10 heteroatoms. The van der Waals surface area contributed by atoms with E-state index in [1.54, 1.807) is 18.2 Å². The zero-order chi connectivity index (χ0) is 29.1. The van der Waals surface area contributed by atoms with Crippen LogP contribution in [0, 0.1) is 5.92 Å². The fourth-order valence-corrected chi connectivity index (χ4v) is 5.24. The van der Waals surface area contributed by atoms with Crippen LogP contribution < -0.4 is 10.2 Å². The first-order valence-corrected chi connectivity index (χ1v) is 13.5. The molecule has 0 radical (unpaired) electrons. The number of allylic oxidation sites excluding steroid dienone is 4. The standard InChI is InChI=1S/C30H36F5N3O2/c1-20-10-13-36-27(22-4-7-23(31)17-25(16-22)40-19-29(2,32)33)26(20)18-37(3)24-8-5-21(6-9-24)28(39)38-14-11-30(34,35)12-15-38/h4-10,13,17,22,25,27,36H,11-12,14-16,18-19H2,1-3H3. The molecule has 1 amide bonds. The minimum atomic E-state index is -3.02. The van der Waals surface area contributed by atoms with E-state index in [2.05, 4.69) is 5.32 Å². The van der Waals surface area contributed by atoms with Gasteiger partial charge in [0.2, 0.25) is 0 Å². The molecule has 0 aromatic heterocycles. The molecular weight excluding hydrogens is 529 g/mol. The van der Waals surface area contributed by atoms with E-state index >= 15 is 0 Å². The first kappa shape index (κ1) is 29.8. The summed E-state index contributed by atoms with van der Waals surface area (Å²) in [5, 5.41) is 3.36. The maximum atomic E-state index is 14.3. The monoisotopic (exact) mass is 565 g/mol. The Labute approximate surface area is 232 Å². The van der Waals surface area contributed by atoms with Crippen molar-refractivity contribution in [2.45, 2.75) is 57.1 Å². The molecule has 40 heavy (non-hydrogen) atoms. The Morgan fingerprint density at radius 1 is 1.18 bits per heavy atom. The van der Waals surface area contributed by atoms with Crippen LogP contribution in [0.4, 0.5) is 27.6 Å². The second-order valence-electron chi connectivity index (χ2n) is 11.0. The molecule has 3 atom stereocenters. The molecule has 3 unspecified atom stereocenters. The topological polar surface area (TPSA) is 44.8 Å². The summed E-state index contributed by atoms with van der Waals surface area (Å²) in [5.41, 5.74) is 3.38. The highest BCUT2D eigenvalue weighted by atomic mass is 19.3. The fraction of sp³-hybridized carbons (Fsp3) is 0.500. The van der Waals surface area contributed by atoms with Crippen molar-refractivity contribution in [3.8, 4) is 0 Å². The minimum absolute atomic E-state index is 0.0324. The van der Waals surface area contributed by atoms with Gasteiger partial charge in [0.1, 0.15) is 12.4 Å². The van der Waals surface area contributed by atoms with Crippen LogP contribution in [0.5, 0.6) is 0 Å². The number of alkyl halides is 4. The molecule has 1 fully saturated rings. The maximum Gasteiger partial charge on any atom is 0.268 e. The Bertz CT molecular complexity index is 1180. The van der Waals surface area contributed by atoms with Crippen molar-refractivity contribution in [2.75, 3.05) is 38.2 Å². The van der Waals surface area contributed by atoms with Gasteiger partial charge in [-0.1, -0.05) is 6.08 Å². The normalized spacial score (nSPS) is 24.9. The molecule has 1 aromatic rings. The van der Waals surface area contributed by atoms with Crippen molar-refractivity contribution in [1.29, 1.82) is 0 Å². The van der Waals surface area contributed by atoms with Crippen LogP contribution in [-0.2, 0) is 4.74 Å². The lowest BCUT2D eigenvalue weighted by Gasteiger charge is -2.35. The van der Waals surface area contributed by atoms with Gasteiger partial charge >= 0.3 is 0 Å². The quantitative estimate of drug-likeness (QED) is 0.378. The Morgan fingerprint density at radius 3 is 2.50 bits per heavy atom. The molecule has 5 nitrogen and oxygen atoms in total. The van der Waals surface area contributed by atoms with E-state index in [0.717, 1.165) is 23.8 Å². The molecule has 1 aromatic carbocycles. The van der Waals surface area contributed by atoms with Crippen molar-refractivity contribution in [3.05, 3.63) is 77.3 Å². The lowest BCUT2D eigenvalue weighted by molar-refractivity contribution is -0.0802. The van der Waals surface area contributed by atoms with Gasteiger partial charge in [-0.05, 0) is 73.2 Å². The van der Waals surface area contributed by atoms with E-state index in [4.69, 9.17) is 4.74 Å². The molecule has 0 spiro atoms. The number of carbonyl (C=O) groups excluding carboxylic acids is 1. The van der Waals surface area contributed by atoms with Gasteiger partial charge in [0.05, 0.1) is 12.1 Å². The third kappa shape index (κ3) is 7.74. The molecular formula is C30H36F5N3O2. The van der Waals surface area contributed by atoms with Crippen LogP contribution in [0.2, 0.25) is 0 Å². The minimum Gasteiger partial charge on any atom is -0.384 e. The second-order valence-corrected chi connectivity index (χ2v) is 11.0. The predicted molar refractivity (Wildman–Crippen MR) is 145 cm³/mol. The highest BCUT2D eigenvalue weighted by molar-refractivity contribution is 5.94. The molecule has 2 heterocycles. The van der Waals surface area contributed by atoms with Gasteiger partial charge < -0.3 is 19.9 Å². The summed E-state index contributed by atoms with van der Waals surface area (Å²) in [6, 6.07) is 6.83. The lowest BCUT2D eigenvalue weighted by atomic mass is 9.84. The van der Waals surface area contributed by atoms with Gasteiger partial charge in [0.15, 0.2) is 0 Å². The number of ether oxygens (including phenoxy) is 1. The number of carbonyl (C=O) groups is 1.